The predicted octanol–water partition coefficient (Wildman–Crippen LogP) is 7.97. The van der Waals surface area contributed by atoms with Crippen LogP contribution in [0.2, 0.25) is 10.0 Å². The van der Waals surface area contributed by atoms with Gasteiger partial charge in [-0.15, -0.1) is 0 Å². The first kappa shape index (κ1) is 29.0. The molecule has 7 nitrogen and oxygen atoms in total. The van der Waals surface area contributed by atoms with Crippen molar-refractivity contribution in [3.8, 4) is 0 Å². The van der Waals surface area contributed by atoms with Crippen molar-refractivity contribution in [3.63, 3.8) is 0 Å². The molecule has 0 heterocycles. The molecule has 0 radical (unpaired) electrons. The van der Waals surface area contributed by atoms with Gasteiger partial charge in [0, 0.05) is 33.5 Å². The van der Waals surface area contributed by atoms with Gasteiger partial charge in [-0.05, 0) is 90.8 Å². The van der Waals surface area contributed by atoms with Gasteiger partial charge in [0.1, 0.15) is 0 Å². The van der Waals surface area contributed by atoms with Crippen LogP contribution in [0.15, 0.2) is 60.7 Å². The second-order valence-corrected chi connectivity index (χ2v) is 11.6. The fourth-order valence-corrected chi connectivity index (χ4v) is 6.51. The average Bonchev–Trinajstić information content (AvgIpc) is 3.36. The molecular formula is C32H33Cl2N3O4. The lowest BCUT2D eigenvalue weighted by atomic mass is 9.84. The number of nitrogens with zero attached hydrogens (tertiary/aromatic N) is 1. The average molecular weight is 595 g/mol. The molecule has 2 aliphatic rings. The number of carboxylic acids is 1. The lowest BCUT2D eigenvalue weighted by Crippen LogP contribution is -2.37. The molecule has 5 rings (SSSR count). The number of aliphatic carboxylic acids is 1. The van der Waals surface area contributed by atoms with E-state index in [4.69, 9.17) is 28.3 Å². The van der Waals surface area contributed by atoms with Gasteiger partial charge in [-0.3, -0.25) is 14.5 Å². The SMILES string of the molecule is O=C(O)CCNC(=O)c1ccc2c(c1)CCC2N(C(=O)Nc1cc(Cl)cc(Cl)c1)c1ccc(C2CCCCC2)cc1. The molecule has 1 atom stereocenters. The Bertz CT molecular complexity index is 1420. The van der Waals surface area contributed by atoms with Crippen LogP contribution in [-0.4, -0.2) is 29.6 Å². The van der Waals surface area contributed by atoms with Crippen LogP contribution in [-0.2, 0) is 11.2 Å². The fraction of sp³-hybridized carbons (Fsp3) is 0.344. The summed E-state index contributed by atoms with van der Waals surface area (Å²) < 4.78 is 0. The minimum absolute atomic E-state index is 0.0617. The van der Waals surface area contributed by atoms with E-state index in [9.17, 15) is 14.4 Å². The standard InChI is InChI=1S/C32H33Cl2N3O4/c33-24-17-25(34)19-26(18-24)36-32(41)37(27-10-6-21(7-11-27)20-4-2-1-3-5-20)29-13-9-22-16-23(8-12-28(22)29)31(40)35-15-14-30(38)39/h6-8,10-12,16-20,29H,1-5,9,13-15H2,(H,35,40)(H,36,41)(H,38,39). The Hall–Kier alpha value is -3.55. The Morgan fingerprint density at radius 2 is 1.59 bits per heavy atom. The van der Waals surface area contributed by atoms with Gasteiger partial charge in [-0.25, -0.2) is 4.79 Å². The number of fused-ring (bicyclic) bond motifs is 1. The van der Waals surface area contributed by atoms with Gasteiger partial charge in [0.25, 0.3) is 5.91 Å². The maximum atomic E-state index is 13.9. The Balaban J connectivity index is 1.42. The highest BCUT2D eigenvalue weighted by atomic mass is 35.5. The first-order valence-corrected chi connectivity index (χ1v) is 14.8. The van der Waals surface area contributed by atoms with E-state index in [1.807, 2.05) is 24.3 Å². The van der Waals surface area contributed by atoms with E-state index in [0.29, 0.717) is 40.1 Å². The van der Waals surface area contributed by atoms with Crippen LogP contribution < -0.4 is 15.5 Å². The molecule has 2 aliphatic carbocycles. The quantitative estimate of drug-likeness (QED) is 0.246. The maximum Gasteiger partial charge on any atom is 0.326 e. The van der Waals surface area contributed by atoms with Crippen LogP contribution in [0.3, 0.4) is 0 Å². The minimum atomic E-state index is -0.965. The number of carbonyl (C=O) groups is 3. The zero-order valence-electron chi connectivity index (χ0n) is 22.7. The summed E-state index contributed by atoms with van der Waals surface area (Å²) in [5, 5.41) is 15.3. The third-order valence-corrected chi connectivity index (χ3v) is 8.40. The molecule has 0 aromatic heterocycles. The summed E-state index contributed by atoms with van der Waals surface area (Å²) in [5.41, 5.74) is 5.02. The van der Waals surface area contributed by atoms with Crippen molar-refractivity contribution in [2.45, 2.75) is 63.3 Å². The predicted molar refractivity (Wildman–Crippen MR) is 162 cm³/mol. The van der Waals surface area contributed by atoms with E-state index in [1.54, 1.807) is 29.2 Å². The number of urea groups is 1. The van der Waals surface area contributed by atoms with E-state index in [2.05, 4.69) is 22.8 Å². The maximum absolute atomic E-state index is 13.9. The van der Waals surface area contributed by atoms with Crippen LogP contribution >= 0.6 is 23.2 Å². The van der Waals surface area contributed by atoms with Crippen molar-refractivity contribution in [1.82, 2.24) is 5.32 Å². The number of rotatable bonds is 8. The van der Waals surface area contributed by atoms with Crippen molar-refractivity contribution in [1.29, 1.82) is 0 Å². The van der Waals surface area contributed by atoms with Gasteiger partial charge in [-0.2, -0.15) is 0 Å². The number of nitrogens with one attached hydrogen (secondary N) is 2. The number of aryl methyl sites for hydroxylation is 1. The van der Waals surface area contributed by atoms with Gasteiger partial charge in [0.2, 0.25) is 0 Å². The van der Waals surface area contributed by atoms with Crippen LogP contribution in [0.4, 0.5) is 16.2 Å². The molecule has 41 heavy (non-hydrogen) atoms. The van der Waals surface area contributed by atoms with Gasteiger partial charge >= 0.3 is 12.0 Å². The van der Waals surface area contributed by atoms with E-state index in [1.165, 1.54) is 37.7 Å². The molecule has 0 spiro atoms. The van der Waals surface area contributed by atoms with Crippen LogP contribution in [0.1, 0.15) is 84.0 Å². The van der Waals surface area contributed by atoms with Crippen molar-refractivity contribution in [3.05, 3.63) is 93.0 Å². The number of halogens is 2. The highest BCUT2D eigenvalue weighted by Crippen LogP contribution is 2.40. The third-order valence-electron chi connectivity index (χ3n) is 7.97. The Labute approximate surface area is 249 Å². The number of hydrogen-bond donors (Lipinski definition) is 3. The molecule has 0 aliphatic heterocycles. The number of amides is 3. The van der Waals surface area contributed by atoms with E-state index in [0.717, 1.165) is 16.8 Å². The highest BCUT2D eigenvalue weighted by Gasteiger charge is 2.33. The molecule has 0 bridgehead atoms. The van der Waals surface area contributed by atoms with Gasteiger partial charge < -0.3 is 15.7 Å². The summed E-state index contributed by atoms with van der Waals surface area (Å²) in [6.45, 7) is 0.0617. The summed E-state index contributed by atoms with van der Waals surface area (Å²) >= 11 is 12.4. The number of carboxylic acid groups (broad SMARTS) is 1. The summed E-state index contributed by atoms with van der Waals surface area (Å²) in [7, 11) is 0. The van der Waals surface area contributed by atoms with Gasteiger partial charge in [-0.1, -0.05) is 60.7 Å². The van der Waals surface area contributed by atoms with E-state index in [-0.39, 0.29) is 30.9 Å². The first-order chi connectivity index (χ1) is 19.8. The molecule has 1 fully saturated rings. The number of anilines is 2. The molecule has 214 valence electrons. The second-order valence-electron chi connectivity index (χ2n) is 10.8. The monoisotopic (exact) mass is 593 g/mol. The molecular weight excluding hydrogens is 561 g/mol. The minimum Gasteiger partial charge on any atom is -0.481 e. The smallest absolute Gasteiger partial charge is 0.326 e. The van der Waals surface area contributed by atoms with Crippen molar-refractivity contribution in [2.24, 2.45) is 0 Å². The van der Waals surface area contributed by atoms with Crippen LogP contribution in [0, 0.1) is 0 Å². The van der Waals surface area contributed by atoms with Crippen molar-refractivity contribution < 1.29 is 19.5 Å². The molecule has 3 aromatic rings. The molecule has 9 heteroatoms. The van der Waals surface area contributed by atoms with Gasteiger partial charge in [0.15, 0.2) is 0 Å². The highest BCUT2D eigenvalue weighted by molar-refractivity contribution is 6.35. The summed E-state index contributed by atoms with van der Waals surface area (Å²) in [5.74, 6) is -0.725. The van der Waals surface area contributed by atoms with E-state index < -0.39 is 5.97 Å². The summed E-state index contributed by atoms with van der Waals surface area (Å²) in [6.07, 6.45) is 7.44. The normalized spacial score (nSPS) is 16.6. The molecule has 1 unspecified atom stereocenters. The van der Waals surface area contributed by atoms with Crippen LogP contribution in [0.5, 0.6) is 0 Å². The van der Waals surface area contributed by atoms with Crippen molar-refractivity contribution >= 4 is 52.5 Å². The topological polar surface area (TPSA) is 98.7 Å². The molecule has 3 aromatic carbocycles. The van der Waals surface area contributed by atoms with Crippen LogP contribution in [0.25, 0.3) is 0 Å². The fourth-order valence-electron chi connectivity index (χ4n) is 5.98. The molecule has 1 saturated carbocycles. The number of hydrogen-bond acceptors (Lipinski definition) is 3. The van der Waals surface area contributed by atoms with Crippen molar-refractivity contribution in [2.75, 3.05) is 16.8 Å². The molecule has 3 amide bonds. The second kappa shape index (κ2) is 13.0. The first-order valence-electron chi connectivity index (χ1n) is 14.1. The third kappa shape index (κ3) is 7.03. The Morgan fingerprint density at radius 1 is 0.878 bits per heavy atom. The lowest BCUT2D eigenvalue weighted by Gasteiger charge is -2.31. The zero-order valence-corrected chi connectivity index (χ0v) is 24.2. The largest absolute Gasteiger partial charge is 0.481 e. The molecule has 0 saturated heterocycles. The summed E-state index contributed by atoms with van der Waals surface area (Å²) in [4.78, 5) is 39.0. The Morgan fingerprint density at radius 3 is 2.27 bits per heavy atom. The molecule has 3 N–H and O–H groups in total. The lowest BCUT2D eigenvalue weighted by molar-refractivity contribution is -0.136. The van der Waals surface area contributed by atoms with Gasteiger partial charge in [0.05, 0.1) is 12.5 Å². The number of benzene rings is 3. The number of carbonyl (C=O) groups excluding carboxylic acids is 2. The summed E-state index contributed by atoms with van der Waals surface area (Å²) in [6, 6.07) is 18.2. The van der Waals surface area contributed by atoms with E-state index >= 15 is 0 Å². The Kier molecular flexibility index (Phi) is 9.15. The zero-order chi connectivity index (χ0) is 28.9.